The number of fused-ring (bicyclic) bond motifs is 1. The number of phenolic OH excluding ortho intramolecular Hbond substituents is 1. The molecule has 3 aromatic rings. The fourth-order valence-electron chi connectivity index (χ4n) is 3.42. The second kappa shape index (κ2) is 8.23. The highest BCUT2D eigenvalue weighted by Crippen LogP contribution is 2.26. The first-order chi connectivity index (χ1) is 14.4. The molecule has 1 aliphatic rings. The summed E-state index contributed by atoms with van der Waals surface area (Å²) in [6, 6.07) is 10.6. The fraction of sp³-hybridized carbons (Fsp3) is 0.250. The van der Waals surface area contributed by atoms with Gasteiger partial charge in [-0.05, 0) is 36.4 Å². The molecule has 0 atom stereocenters. The summed E-state index contributed by atoms with van der Waals surface area (Å²) in [6.45, 7) is 2.41. The molecule has 4 rings (SSSR count). The second-order valence-corrected chi connectivity index (χ2v) is 7.76. The zero-order valence-electron chi connectivity index (χ0n) is 16.2. The van der Waals surface area contributed by atoms with E-state index in [-0.39, 0.29) is 11.7 Å². The van der Waals surface area contributed by atoms with Crippen molar-refractivity contribution < 1.29 is 19.4 Å². The first-order valence-electron chi connectivity index (χ1n) is 9.32. The van der Waals surface area contributed by atoms with Crippen LogP contribution in [0.2, 0.25) is 0 Å². The molecule has 1 fully saturated rings. The largest absolute Gasteiger partial charge is 0.507 e. The molecule has 1 aromatic heterocycles. The van der Waals surface area contributed by atoms with Crippen molar-refractivity contribution in [3.8, 4) is 5.75 Å². The van der Waals surface area contributed by atoms with Crippen LogP contribution in [0.3, 0.4) is 0 Å². The number of amides is 2. The second-order valence-electron chi connectivity index (χ2n) is 6.84. The lowest BCUT2D eigenvalue weighted by molar-refractivity contribution is 0.0743. The number of methoxy groups -OCH3 is 1. The summed E-state index contributed by atoms with van der Waals surface area (Å²) in [4.78, 5) is 35.4. The highest BCUT2D eigenvalue weighted by Gasteiger charge is 2.24. The Hall–Kier alpha value is -3.27. The third kappa shape index (κ3) is 4.04. The minimum atomic E-state index is -0.591. The van der Waals surface area contributed by atoms with Crippen molar-refractivity contribution >= 4 is 50.6 Å². The molecule has 1 saturated heterocycles. The van der Waals surface area contributed by atoms with Crippen LogP contribution in [0.5, 0.6) is 5.75 Å². The molecule has 9 nitrogen and oxygen atoms in total. The maximum absolute atomic E-state index is 12.8. The predicted molar refractivity (Wildman–Crippen MR) is 116 cm³/mol. The molecule has 2 aromatic carbocycles. The molecule has 2 amide bonds. The maximum Gasteiger partial charge on any atom is 0.413 e. The number of H-pyrrole nitrogens is 1. The van der Waals surface area contributed by atoms with Crippen LogP contribution in [0.25, 0.3) is 11.0 Å². The standard InChI is InChI=1S/C20H20BrN5O4/c1-30-20(29)24-19-22-15-4-3-13(11-16(15)23-19)25-6-8-26(9-7-25)18(28)14-10-12(21)2-5-17(14)27/h2-5,10-11,27H,6-9H2,1H3,(H2,22,23,24,29). The van der Waals surface area contributed by atoms with Gasteiger partial charge in [0.25, 0.3) is 5.91 Å². The Kier molecular flexibility index (Phi) is 5.49. The number of carbonyl (C=O) groups is 2. The van der Waals surface area contributed by atoms with Gasteiger partial charge in [-0.25, -0.2) is 9.78 Å². The average Bonchev–Trinajstić information content (AvgIpc) is 3.16. The third-order valence-electron chi connectivity index (χ3n) is 4.99. The number of carbonyl (C=O) groups excluding carboxylic acids is 2. The van der Waals surface area contributed by atoms with E-state index in [1.165, 1.54) is 13.2 Å². The Bertz CT molecular complexity index is 1110. The predicted octanol–water partition coefficient (Wildman–Crippen LogP) is 3.17. The minimum absolute atomic E-state index is 0.0216. The van der Waals surface area contributed by atoms with E-state index < -0.39 is 6.09 Å². The van der Waals surface area contributed by atoms with Crippen LogP contribution in [-0.2, 0) is 4.74 Å². The topological polar surface area (TPSA) is 111 Å². The summed E-state index contributed by atoms with van der Waals surface area (Å²) in [5.41, 5.74) is 2.80. The molecule has 0 bridgehead atoms. The number of aromatic hydroxyl groups is 1. The van der Waals surface area contributed by atoms with Gasteiger partial charge in [0.2, 0.25) is 5.95 Å². The molecule has 3 N–H and O–H groups in total. The van der Waals surface area contributed by atoms with Gasteiger partial charge in [0.1, 0.15) is 5.75 Å². The smallest absolute Gasteiger partial charge is 0.413 e. The molecule has 0 radical (unpaired) electrons. The number of piperazine rings is 1. The number of halogens is 1. The SMILES string of the molecule is COC(=O)Nc1nc2ccc(N3CCN(C(=O)c4cc(Br)ccc4O)CC3)cc2[nH]1. The lowest BCUT2D eigenvalue weighted by Crippen LogP contribution is -2.48. The molecule has 0 spiro atoms. The van der Waals surface area contributed by atoms with E-state index in [0.717, 1.165) is 21.2 Å². The fourth-order valence-corrected chi connectivity index (χ4v) is 3.78. The number of benzene rings is 2. The summed E-state index contributed by atoms with van der Waals surface area (Å²) in [7, 11) is 1.29. The summed E-state index contributed by atoms with van der Waals surface area (Å²) in [5.74, 6) is 0.112. The van der Waals surface area contributed by atoms with Crippen molar-refractivity contribution in [1.82, 2.24) is 14.9 Å². The van der Waals surface area contributed by atoms with Crippen LogP contribution in [0, 0.1) is 0 Å². The van der Waals surface area contributed by atoms with Gasteiger partial charge < -0.3 is 24.6 Å². The third-order valence-corrected chi connectivity index (χ3v) is 5.49. The Labute approximate surface area is 180 Å². The Morgan fingerprint density at radius 2 is 1.93 bits per heavy atom. The van der Waals surface area contributed by atoms with Gasteiger partial charge in [-0.1, -0.05) is 15.9 Å². The summed E-state index contributed by atoms with van der Waals surface area (Å²) in [5, 5.41) is 12.5. The highest BCUT2D eigenvalue weighted by atomic mass is 79.9. The first kappa shape index (κ1) is 20.0. The monoisotopic (exact) mass is 473 g/mol. The quantitative estimate of drug-likeness (QED) is 0.538. The van der Waals surface area contributed by atoms with Gasteiger partial charge in [-0.2, -0.15) is 0 Å². The highest BCUT2D eigenvalue weighted by molar-refractivity contribution is 9.10. The molecule has 30 heavy (non-hydrogen) atoms. The summed E-state index contributed by atoms with van der Waals surface area (Å²) < 4.78 is 5.32. The van der Waals surface area contributed by atoms with Crippen molar-refractivity contribution in [1.29, 1.82) is 0 Å². The lowest BCUT2D eigenvalue weighted by Gasteiger charge is -2.36. The van der Waals surface area contributed by atoms with Crippen molar-refractivity contribution in [2.45, 2.75) is 0 Å². The van der Waals surface area contributed by atoms with E-state index >= 15 is 0 Å². The number of nitrogens with zero attached hydrogens (tertiary/aromatic N) is 3. The molecular weight excluding hydrogens is 454 g/mol. The number of aromatic nitrogens is 2. The van der Waals surface area contributed by atoms with Crippen LogP contribution >= 0.6 is 15.9 Å². The van der Waals surface area contributed by atoms with E-state index in [2.05, 4.69) is 40.9 Å². The number of ether oxygens (including phenoxy) is 1. The van der Waals surface area contributed by atoms with Gasteiger partial charge in [0.05, 0.1) is 23.7 Å². The van der Waals surface area contributed by atoms with Gasteiger partial charge in [-0.3, -0.25) is 10.1 Å². The van der Waals surface area contributed by atoms with Crippen molar-refractivity contribution in [3.63, 3.8) is 0 Å². The zero-order chi connectivity index (χ0) is 21.3. The van der Waals surface area contributed by atoms with Crippen molar-refractivity contribution in [3.05, 3.63) is 46.4 Å². The Balaban J connectivity index is 1.44. The molecule has 1 aliphatic heterocycles. The minimum Gasteiger partial charge on any atom is -0.507 e. The number of rotatable bonds is 3. The number of imidazole rings is 1. The molecule has 0 unspecified atom stereocenters. The van der Waals surface area contributed by atoms with Crippen LogP contribution in [0.1, 0.15) is 10.4 Å². The van der Waals surface area contributed by atoms with Crippen molar-refractivity contribution in [2.24, 2.45) is 0 Å². The Morgan fingerprint density at radius 1 is 1.17 bits per heavy atom. The van der Waals surface area contributed by atoms with Gasteiger partial charge in [0, 0.05) is 36.3 Å². The van der Waals surface area contributed by atoms with Crippen LogP contribution in [0.15, 0.2) is 40.9 Å². The van der Waals surface area contributed by atoms with Crippen LogP contribution in [0.4, 0.5) is 16.4 Å². The number of nitrogens with one attached hydrogen (secondary N) is 2. The van der Waals surface area contributed by atoms with Gasteiger partial charge in [0.15, 0.2) is 0 Å². The summed E-state index contributed by atoms with van der Waals surface area (Å²) >= 11 is 3.34. The summed E-state index contributed by atoms with van der Waals surface area (Å²) in [6.07, 6.45) is -0.591. The molecule has 10 heteroatoms. The molecule has 0 aliphatic carbocycles. The van der Waals surface area contributed by atoms with Gasteiger partial charge in [-0.15, -0.1) is 0 Å². The lowest BCUT2D eigenvalue weighted by atomic mass is 10.1. The number of phenols is 1. The van der Waals surface area contributed by atoms with Crippen LogP contribution < -0.4 is 10.2 Å². The normalized spacial score (nSPS) is 14.1. The van der Waals surface area contributed by atoms with E-state index in [1.807, 2.05) is 18.2 Å². The number of anilines is 2. The molecule has 0 saturated carbocycles. The van der Waals surface area contributed by atoms with E-state index in [4.69, 9.17) is 0 Å². The average molecular weight is 474 g/mol. The number of hydrogen-bond donors (Lipinski definition) is 3. The number of hydrogen-bond acceptors (Lipinski definition) is 6. The van der Waals surface area contributed by atoms with Gasteiger partial charge >= 0.3 is 6.09 Å². The maximum atomic E-state index is 12.8. The van der Waals surface area contributed by atoms with Crippen molar-refractivity contribution in [2.75, 3.05) is 43.5 Å². The van der Waals surface area contributed by atoms with E-state index in [1.54, 1.807) is 17.0 Å². The van der Waals surface area contributed by atoms with Crippen LogP contribution in [-0.4, -0.2) is 65.3 Å². The first-order valence-corrected chi connectivity index (χ1v) is 10.1. The van der Waals surface area contributed by atoms with E-state index in [0.29, 0.717) is 37.7 Å². The zero-order valence-corrected chi connectivity index (χ0v) is 17.8. The van der Waals surface area contributed by atoms with E-state index in [9.17, 15) is 14.7 Å². The Morgan fingerprint density at radius 3 is 2.67 bits per heavy atom. The molecular formula is C20H20BrN5O4. The molecule has 2 heterocycles. The number of aromatic amines is 1. The molecule has 156 valence electrons.